The molecule has 0 saturated carbocycles. The Bertz CT molecular complexity index is 770. The molecule has 0 radical (unpaired) electrons. The molecule has 0 aliphatic carbocycles. The number of hydrogen-bond acceptors (Lipinski definition) is 4. The summed E-state index contributed by atoms with van der Waals surface area (Å²) >= 11 is 0. The fourth-order valence-electron chi connectivity index (χ4n) is 3.33. The molecule has 1 fully saturated rings. The molecule has 8 heteroatoms. The van der Waals surface area contributed by atoms with Crippen LogP contribution in [-0.2, 0) is 18.9 Å². The van der Waals surface area contributed by atoms with Crippen LogP contribution in [0.5, 0.6) is 0 Å². The number of aryl methyl sites for hydroxylation is 2. The van der Waals surface area contributed by atoms with E-state index < -0.39 is 5.54 Å². The second kappa shape index (κ2) is 6.62. The maximum Gasteiger partial charge on any atom is 0.270 e. The highest BCUT2D eigenvalue weighted by atomic mass is 16.2. The summed E-state index contributed by atoms with van der Waals surface area (Å²) in [6, 6.07) is 5.51. The van der Waals surface area contributed by atoms with E-state index in [0.29, 0.717) is 31.6 Å². The number of piperidine rings is 1. The molecular formula is C17H24N6O2. The largest absolute Gasteiger partial charge is 0.357 e. The number of likely N-dealkylation sites (N-methyl/N-ethyl adjacent to an activating group) is 1. The lowest BCUT2D eigenvalue weighted by Crippen LogP contribution is -2.58. The van der Waals surface area contributed by atoms with E-state index >= 15 is 0 Å². The Morgan fingerprint density at radius 2 is 1.92 bits per heavy atom. The van der Waals surface area contributed by atoms with Crippen molar-refractivity contribution in [2.24, 2.45) is 14.1 Å². The summed E-state index contributed by atoms with van der Waals surface area (Å²) in [5.74, 6) is 0.712. The van der Waals surface area contributed by atoms with Crippen molar-refractivity contribution in [1.29, 1.82) is 0 Å². The molecule has 25 heavy (non-hydrogen) atoms. The van der Waals surface area contributed by atoms with Gasteiger partial charge in [-0.15, -0.1) is 0 Å². The first kappa shape index (κ1) is 17.1. The van der Waals surface area contributed by atoms with Crippen LogP contribution in [0.1, 0.15) is 23.3 Å². The summed E-state index contributed by atoms with van der Waals surface area (Å²) in [5.41, 5.74) is -0.0832. The van der Waals surface area contributed by atoms with Gasteiger partial charge in [0, 0.05) is 46.5 Å². The number of amides is 2. The van der Waals surface area contributed by atoms with Crippen molar-refractivity contribution in [3.05, 3.63) is 36.3 Å². The van der Waals surface area contributed by atoms with Crippen molar-refractivity contribution in [2.45, 2.75) is 18.4 Å². The quantitative estimate of drug-likeness (QED) is 0.850. The second-order valence-electron chi connectivity index (χ2n) is 6.42. The van der Waals surface area contributed by atoms with Gasteiger partial charge in [0.25, 0.3) is 5.91 Å². The molecule has 3 heterocycles. The van der Waals surface area contributed by atoms with Crippen LogP contribution in [0.3, 0.4) is 0 Å². The van der Waals surface area contributed by atoms with Gasteiger partial charge < -0.3 is 20.1 Å². The summed E-state index contributed by atoms with van der Waals surface area (Å²) < 4.78 is 3.52. The molecule has 0 aromatic carbocycles. The summed E-state index contributed by atoms with van der Waals surface area (Å²) in [4.78, 5) is 27.1. The topological polar surface area (TPSA) is 84.2 Å². The zero-order valence-corrected chi connectivity index (χ0v) is 14.8. The van der Waals surface area contributed by atoms with Gasteiger partial charge in [0.05, 0.1) is 6.20 Å². The minimum atomic E-state index is -0.743. The van der Waals surface area contributed by atoms with E-state index in [4.69, 9.17) is 0 Å². The van der Waals surface area contributed by atoms with Gasteiger partial charge in [-0.05, 0) is 25.0 Å². The number of rotatable bonds is 4. The van der Waals surface area contributed by atoms with Gasteiger partial charge in [0.15, 0.2) is 0 Å². The number of carbonyl (C=O) groups is 2. The number of carbonyl (C=O) groups excluding carboxylic acids is 2. The van der Waals surface area contributed by atoms with Crippen molar-refractivity contribution in [3.8, 4) is 0 Å². The molecule has 1 aliphatic rings. The van der Waals surface area contributed by atoms with Crippen LogP contribution in [0.2, 0.25) is 0 Å². The van der Waals surface area contributed by atoms with E-state index in [1.165, 1.54) is 0 Å². The molecule has 134 valence electrons. The Balaban J connectivity index is 1.76. The van der Waals surface area contributed by atoms with Gasteiger partial charge in [-0.25, -0.2) is 0 Å². The van der Waals surface area contributed by atoms with E-state index in [1.54, 1.807) is 22.8 Å². The number of hydrogen-bond donors (Lipinski definition) is 2. The Morgan fingerprint density at radius 3 is 2.44 bits per heavy atom. The van der Waals surface area contributed by atoms with Crippen LogP contribution in [0.15, 0.2) is 30.6 Å². The third kappa shape index (κ3) is 3.11. The van der Waals surface area contributed by atoms with Crippen molar-refractivity contribution in [2.75, 3.05) is 25.5 Å². The molecular weight excluding hydrogens is 320 g/mol. The zero-order valence-electron chi connectivity index (χ0n) is 14.8. The van der Waals surface area contributed by atoms with Crippen molar-refractivity contribution in [3.63, 3.8) is 0 Å². The average molecular weight is 344 g/mol. The molecule has 2 N–H and O–H groups in total. The number of likely N-dealkylation sites (tertiary alicyclic amines) is 1. The lowest BCUT2D eigenvalue weighted by molar-refractivity contribution is -0.126. The van der Waals surface area contributed by atoms with E-state index in [-0.39, 0.29) is 11.8 Å². The molecule has 2 aromatic rings. The van der Waals surface area contributed by atoms with Crippen LogP contribution in [0.4, 0.5) is 5.82 Å². The summed E-state index contributed by atoms with van der Waals surface area (Å²) in [6.45, 7) is 1.03. The van der Waals surface area contributed by atoms with Gasteiger partial charge in [-0.1, -0.05) is 0 Å². The van der Waals surface area contributed by atoms with E-state index in [0.717, 1.165) is 5.82 Å². The molecule has 1 saturated heterocycles. The maximum absolute atomic E-state index is 12.7. The smallest absolute Gasteiger partial charge is 0.270 e. The third-order valence-corrected chi connectivity index (χ3v) is 4.92. The highest BCUT2D eigenvalue weighted by Gasteiger charge is 2.42. The van der Waals surface area contributed by atoms with Crippen molar-refractivity contribution < 1.29 is 9.59 Å². The third-order valence-electron chi connectivity index (χ3n) is 4.92. The molecule has 2 aromatic heterocycles. The lowest BCUT2D eigenvalue weighted by atomic mass is 9.86. The Hall–Kier alpha value is -2.77. The number of anilines is 1. The van der Waals surface area contributed by atoms with Crippen LogP contribution in [-0.4, -0.2) is 56.7 Å². The predicted molar refractivity (Wildman–Crippen MR) is 94.2 cm³/mol. The first-order chi connectivity index (χ1) is 12.0. The van der Waals surface area contributed by atoms with E-state index in [1.807, 2.05) is 43.1 Å². The average Bonchev–Trinajstić information content (AvgIpc) is 3.22. The first-order valence-corrected chi connectivity index (χ1v) is 8.36. The van der Waals surface area contributed by atoms with Gasteiger partial charge in [0.2, 0.25) is 5.91 Å². The second-order valence-corrected chi connectivity index (χ2v) is 6.42. The minimum Gasteiger partial charge on any atom is -0.357 e. The van der Waals surface area contributed by atoms with Crippen LogP contribution < -0.4 is 10.6 Å². The fourth-order valence-corrected chi connectivity index (χ4v) is 3.33. The molecule has 0 atom stereocenters. The lowest BCUT2D eigenvalue weighted by Gasteiger charge is -2.41. The number of aromatic nitrogens is 3. The number of nitrogens with one attached hydrogen (secondary N) is 2. The highest BCUT2D eigenvalue weighted by Crippen LogP contribution is 2.28. The molecule has 8 nitrogen and oxygen atoms in total. The summed E-state index contributed by atoms with van der Waals surface area (Å²) in [7, 11) is 5.32. The minimum absolute atomic E-state index is 0.00135. The van der Waals surface area contributed by atoms with Crippen LogP contribution in [0, 0.1) is 0 Å². The molecule has 1 aliphatic heterocycles. The van der Waals surface area contributed by atoms with E-state index in [2.05, 4.69) is 15.7 Å². The normalized spacial score (nSPS) is 16.5. The summed E-state index contributed by atoms with van der Waals surface area (Å²) in [5, 5.41) is 10.2. The predicted octanol–water partition coefficient (Wildman–Crippen LogP) is 0.592. The molecule has 0 bridgehead atoms. The fraction of sp³-hybridized carbons (Fsp3) is 0.471. The van der Waals surface area contributed by atoms with Crippen LogP contribution in [0.25, 0.3) is 0 Å². The van der Waals surface area contributed by atoms with Crippen LogP contribution >= 0.6 is 0 Å². The summed E-state index contributed by atoms with van der Waals surface area (Å²) in [6.07, 6.45) is 4.62. The zero-order chi connectivity index (χ0) is 18.0. The molecule has 0 spiro atoms. The number of nitrogens with zero attached hydrogens (tertiary/aromatic N) is 4. The van der Waals surface area contributed by atoms with E-state index in [9.17, 15) is 9.59 Å². The first-order valence-electron chi connectivity index (χ1n) is 8.36. The van der Waals surface area contributed by atoms with Gasteiger partial charge >= 0.3 is 0 Å². The van der Waals surface area contributed by atoms with Gasteiger partial charge in [-0.2, -0.15) is 5.10 Å². The van der Waals surface area contributed by atoms with Crippen molar-refractivity contribution in [1.82, 2.24) is 24.6 Å². The van der Waals surface area contributed by atoms with Gasteiger partial charge in [0.1, 0.15) is 17.1 Å². The maximum atomic E-state index is 12.7. The Kier molecular flexibility index (Phi) is 4.52. The molecule has 0 unspecified atom stereocenters. The molecule has 3 rings (SSSR count). The van der Waals surface area contributed by atoms with Crippen molar-refractivity contribution >= 4 is 17.6 Å². The van der Waals surface area contributed by atoms with Gasteiger partial charge in [-0.3, -0.25) is 14.3 Å². The molecule has 2 amide bonds. The highest BCUT2D eigenvalue weighted by molar-refractivity contribution is 5.94. The SMILES string of the molecule is CNC(=O)C1(Nc2ccnn2C)CCN(C(=O)c2cccn2C)CC1. The Morgan fingerprint density at radius 1 is 1.20 bits per heavy atom. The standard InChI is InChI=1S/C17H24N6O2/c1-18-16(25)17(20-14-6-9-19-22(14)3)7-11-23(12-8-17)15(24)13-5-4-10-21(13)2/h4-6,9-10,20H,7-8,11-12H2,1-3H3,(H,18,25). The monoisotopic (exact) mass is 344 g/mol. The Labute approximate surface area is 146 Å².